The van der Waals surface area contributed by atoms with E-state index < -0.39 is 0 Å². The first-order valence-corrected chi connectivity index (χ1v) is 18.2. The zero-order valence-electron chi connectivity index (χ0n) is 30.9. The first-order valence-electron chi connectivity index (χ1n) is 18.2. The van der Waals surface area contributed by atoms with Crippen molar-refractivity contribution in [2.24, 2.45) is 16.7 Å². The van der Waals surface area contributed by atoms with E-state index in [2.05, 4.69) is 155 Å². The van der Waals surface area contributed by atoms with Crippen molar-refractivity contribution < 1.29 is 0 Å². The average Bonchev–Trinajstić information content (AvgIpc) is 3.04. The molecule has 0 spiro atoms. The molecule has 246 valence electrons. The molecule has 0 saturated carbocycles. The third-order valence-electron chi connectivity index (χ3n) is 11.6. The fourth-order valence-electron chi connectivity index (χ4n) is 8.69. The lowest BCUT2D eigenvalue weighted by Crippen LogP contribution is -2.36. The summed E-state index contributed by atoms with van der Waals surface area (Å²) in [6, 6.07) is 25.3. The average molecular weight is 615 g/mol. The summed E-state index contributed by atoms with van der Waals surface area (Å²) in [7, 11) is 0. The van der Waals surface area contributed by atoms with E-state index in [9.17, 15) is 0 Å². The molecular formula is C46H62. The highest BCUT2D eigenvalue weighted by Crippen LogP contribution is 2.57. The van der Waals surface area contributed by atoms with Crippen LogP contribution in [0.1, 0.15) is 145 Å². The molecule has 4 atom stereocenters. The molecule has 0 radical (unpaired) electrons. The van der Waals surface area contributed by atoms with Gasteiger partial charge in [-0.2, -0.15) is 0 Å². The van der Waals surface area contributed by atoms with E-state index in [0.29, 0.717) is 17.8 Å². The minimum absolute atomic E-state index is 0.0197. The maximum atomic E-state index is 4.26. The van der Waals surface area contributed by atoms with E-state index in [1.54, 1.807) is 16.7 Å². The number of hydrogen-bond acceptors (Lipinski definition) is 0. The zero-order chi connectivity index (χ0) is 33.6. The van der Waals surface area contributed by atoms with E-state index in [1.165, 1.54) is 58.2 Å². The van der Waals surface area contributed by atoms with Gasteiger partial charge in [0.25, 0.3) is 0 Å². The van der Waals surface area contributed by atoms with Crippen LogP contribution >= 0.6 is 0 Å². The summed E-state index contributed by atoms with van der Waals surface area (Å²) in [6.07, 6.45) is 13.0. The van der Waals surface area contributed by atoms with Gasteiger partial charge in [-0.25, -0.2) is 0 Å². The van der Waals surface area contributed by atoms with Crippen molar-refractivity contribution in [3.05, 3.63) is 130 Å². The van der Waals surface area contributed by atoms with Gasteiger partial charge in [-0.3, -0.25) is 0 Å². The summed E-state index contributed by atoms with van der Waals surface area (Å²) in [5.41, 5.74) is 14.6. The molecule has 0 nitrogen and oxygen atoms in total. The maximum absolute atomic E-state index is 4.26. The Balaban J connectivity index is 1.59. The van der Waals surface area contributed by atoms with Crippen molar-refractivity contribution in [1.82, 2.24) is 0 Å². The van der Waals surface area contributed by atoms with Crippen molar-refractivity contribution in [2.45, 2.75) is 126 Å². The Morgan fingerprint density at radius 2 is 1.48 bits per heavy atom. The van der Waals surface area contributed by atoms with Crippen LogP contribution < -0.4 is 0 Å². The van der Waals surface area contributed by atoms with E-state index in [4.69, 9.17) is 0 Å². The van der Waals surface area contributed by atoms with Gasteiger partial charge in [0.1, 0.15) is 0 Å². The van der Waals surface area contributed by atoms with E-state index in [1.807, 2.05) is 0 Å². The molecule has 1 aliphatic carbocycles. The highest BCUT2D eigenvalue weighted by Gasteiger charge is 2.44. The van der Waals surface area contributed by atoms with Gasteiger partial charge in [0.05, 0.1) is 0 Å². The predicted octanol–water partition coefficient (Wildman–Crippen LogP) is 13.8. The Bertz CT molecular complexity index is 1520. The highest BCUT2D eigenvalue weighted by molar-refractivity contribution is 5.76. The SMILES string of the molecule is C=C(CC)c1ccc(C2=CC[C@](C)(C[C@@H](C)[C@H](C)c3ccccc3C(CC)CCc3c(C)cccc3C)/C(=C\CC)C2(C)C)cc1. The molecular weight excluding hydrogens is 553 g/mol. The van der Waals surface area contributed by atoms with E-state index >= 15 is 0 Å². The standard InChI is InChI=1S/C46H62/c1-12-18-44-45(9,10)43(39-25-23-38(24-26-39)32(4)13-2)29-30-46(44,11)31-35(7)36(8)41-21-15-16-22-42(41)37(14-3)27-28-40-33(5)19-17-20-34(40)6/h15-26,29,35-37H,4,12-14,27-28,30-31H2,1-3,5-11H3/b44-18-/t35-,36+,37?,46-/m1/s1. The number of aryl methyl sites for hydroxylation is 2. The fraction of sp³-hybridized carbons (Fsp3) is 0.478. The van der Waals surface area contributed by atoms with Crippen LogP contribution in [0.15, 0.2) is 91.0 Å². The van der Waals surface area contributed by atoms with Gasteiger partial charge in [0, 0.05) is 5.41 Å². The Morgan fingerprint density at radius 1 is 0.848 bits per heavy atom. The van der Waals surface area contributed by atoms with Crippen LogP contribution in [0.3, 0.4) is 0 Å². The third-order valence-corrected chi connectivity index (χ3v) is 11.6. The Hall–Kier alpha value is -3.12. The molecule has 3 aromatic carbocycles. The topological polar surface area (TPSA) is 0 Å². The summed E-state index contributed by atoms with van der Waals surface area (Å²) in [5, 5.41) is 0. The van der Waals surface area contributed by atoms with Crippen LogP contribution in [0.5, 0.6) is 0 Å². The molecule has 0 bridgehead atoms. The first-order chi connectivity index (χ1) is 21.9. The fourth-order valence-corrected chi connectivity index (χ4v) is 8.69. The lowest BCUT2D eigenvalue weighted by Gasteiger charge is -2.48. The van der Waals surface area contributed by atoms with Gasteiger partial charge in [0.2, 0.25) is 0 Å². The van der Waals surface area contributed by atoms with Crippen LogP contribution in [-0.2, 0) is 6.42 Å². The van der Waals surface area contributed by atoms with Crippen LogP contribution in [0, 0.1) is 30.6 Å². The van der Waals surface area contributed by atoms with Gasteiger partial charge in [-0.05, 0) is 132 Å². The van der Waals surface area contributed by atoms with Crippen LogP contribution in [0.2, 0.25) is 0 Å². The molecule has 1 aliphatic rings. The smallest absolute Gasteiger partial charge is 0.0113 e. The van der Waals surface area contributed by atoms with Gasteiger partial charge in [-0.1, -0.05) is 146 Å². The quantitative estimate of drug-likeness (QED) is 0.168. The van der Waals surface area contributed by atoms with Gasteiger partial charge < -0.3 is 0 Å². The third kappa shape index (κ3) is 7.54. The maximum Gasteiger partial charge on any atom is 0.0113 e. The van der Waals surface area contributed by atoms with Crippen molar-refractivity contribution in [1.29, 1.82) is 0 Å². The zero-order valence-corrected chi connectivity index (χ0v) is 30.9. The molecule has 0 heterocycles. The van der Waals surface area contributed by atoms with Gasteiger partial charge in [0.15, 0.2) is 0 Å². The minimum atomic E-state index is -0.0197. The van der Waals surface area contributed by atoms with E-state index in [-0.39, 0.29) is 10.8 Å². The Kier molecular flexibility index (Phi) is 11.8. The molecule has 1 unspecified atom stereocenters. The molecule has 0 fully saturated rings. The molecule has 0 aromatic heterocycles. The van der Waals surface area contributed by atoms with Crippen LogP contribution in [-0.4, -0.2) is 0 Å². The normalized spacial score (nSPS) is 20.7. The molecule has 0 heteroatoms. The summed E-state index contributed by atoms with van der Waals surface area (Å²) in [5.74, 6) is 1.64. The minimum Gasteiger partial charge on any atom is -0.0952 e. The molecule has 0 saturated heterocycles. The molecule has 0 aliphatic heterocycles. The second-order valence-corrected chi connectivity index (χ2v) is 15.2. The lowest BCUT2D eigenvalue weighted by molar-refractivity contribution is 0.240. The number of benzene rings is 3. The summed E-state index contributed by atoms with van der Waals surface area (Å²) >= 11 is 0. The highest BCUT2D eigenvalue weighted by atomic mass is 14.5. The number of hydrogen-bond donors (Lipinski definition) is 0. The van der Waals surface area contributed by atoms with Crippen LogP contribution in [0.25, 0.3) is 11.1 Å². The van der Waals surface area contributed by atoms with Crippen LogP contribution in [0.4, 0.5) is 0 Å². The second-order valence-electron chi connectivity index (χ2n) is 15.2. The molecule has 0 amide bonds. The number of allylic oxidation sites excluding steroid dienone is 5. The Morgan fingerprint density at radius 3 is 2.07 bits per heavy atom. The van der Waals surface area contributed by atoms with Gasteiger partial charge in [-0.15, -0.1) is 0 Å². The van der Waals surface area contributed by atoms with Crippen molar-refractivity contribution in [3.8, 4) is 0 Å². The molecule has 0 N–H and O–H groups in total. The predicted molar refractivity (Wildman–Crippen MR) is 205 cm³/mol. The monoisotopic (exact) mass is 614 g/mol. The van der Waals surface area contributed by atoms with Gasteiger partial charge >= 0.3 is 0 Å². The largest absolute Gasteiger partial charge is 0.0952 e. The lowest BCUT2D eigenvalue weighted by atomic mass is 9.56. The van der Waals surface area contributed by atoms with Crippen molar-refractivity contribution >= 4 is 11.1 Å². The molecule has 3 aromatic rings. The summed E-state index contributed by atoms with van der Waals surface area (Å²) < 4.78 is 0. The van der Waals surface area contributed by atoms with Crippen molar-refractivity contribution in [2.75, 3.05) is 0 Å². The van der Waals surface area contributed by atoms with E-state index in [0.717, 1.165) is 25.7 Å². The molecule has 4 rings (SSSR count). The summed E-state index contributed by atoms with van der Waals surface area (Å²) in [6.45, 7) is 28.1. The second kappa shape index (κ2) is 15.2. The summed E-state index contributed by atoms with van der Waals surface area (Å²) in [4.78, 5) is 0. The van der Waals surface area contributed by atoms with Crippen molar-refractivity contribution in [3.63, 3.8) is 0 Å². The molecule has 46 heavy (non-hydrogen) atoms. The number of rotatable bonds is 13. The Labute approximate surface area is 283 Å². The first kappa shape index (κ1) is 35.7.